The minimum atomic E-state index is -0.463. The van der Waals surface area contributed by atoms with Crippen LogP contribution in [0.2, 0.25) is 0 Å². The van der Waals surface area contributed by atoms with Crippen molar-refractivity contribution in [1.29, 1.82) is 0 Å². The predicted molar refractivity (Wildman–Crippen MR) is 138 cm³/mol. The highest BCUT2D eigenvalue weighted by Gasteiger charge is 2.20. The molecule has 11 heteroatoms. The third-order valence-corrected chi connectivity index (χ3v) is 5.98. The second-order valence-electron chi connectivity index (χ2n) is 8.24. The van der Waals surface area contributed by atoms with Crippen LogP contribution in [0.5, 0.6) is 5.75 Å². The average Bonchev–Trinajstić information content (AvgIpc) is 3.42. The van der Waals surface area contributed by atoms with Gasteiger partial charge in [0.05, 0.1) is 49.9 Å². The Morgan fingerprint density at radius 2 is 1.81 bits per heavy atom. The number of nitrogens with zero attached hydrogens (tertiary/aromatic N) is 3. The molecule has 1 saturated heterocycles. The Morgan fingerprint density at radius 3 is 2.59 bits per heavy atom. The molecule has 1 aliphatic rings. The maximum absolute atomic E-state index is 12.9. The standard InChI is InChI=1S/C26H26N6O5/c1-35-21-15-16(24(33)32-11-13-37-14-12-32)7-8-19(21)29-26-30-20-9-10-27-22(20)23(31-26)28-18-6-4-3-5-17(18)25(34)36-2/h3-10,15,27H,11-14H2,1-2H3,(H2,28,29,30,31). The number of para-hydroxylation sites is 1. The minimum absolute atomic E-state index is 0.0751. The van der Waals surface area contributed by atoms with E-state index in [4.69, 9.17) is 14.2 Å². The van der Waals surface area contributed by atoms with Crippen LogP contribution in [-0.2, 0) is 9.47 Å². The number of amides is 1. The molecule has 0 radical (unpaired) electrons. The van der Waals surface area contributed by atoms with Crippen molar-refractivity contribution in [2.45, 2.75) is 0 Å². The van der Waals surface area contributed by atoms with Crippen LogP contribution in [0, 0.1) is 0 Å². The first-order valence-corrected chi connectivity index (χ1v) is 11.7. The molecule has 0 atom stereocenters. The van der Waals surface area contributed by atoms with E-state index < -0.39 is 5.97 Å². The molecule has 3 N–H and O–H groups in total. The van der Waals surface area contributed by atoms with Crippen molar-refractivity contribution in [2.75, 3.05) is 51.2 Å². The van der Waals surface area contributed by atoms with Crippen LogP contribution in [0.3, 0.4) is 0 Å². The zero-order valence-electron chi connectivity index (χ0n) is 20.4. The first-order valence-electron chi connectivity index (χ1n) is 11.7. The topological polar surface area (TPSA) is 131 Å². The van der Waals surface area contributed by atoms with Crippen molar-refractivity contribution in [3.8, 4) is 5.75 Å². The summed E-state index contributed by atoms with van der Waals surface area (Å²) in [5, 5.41) is 6.41. The van der Waals surface area contributed by atoms with Gasteiger partial charge in [0.15, 0.2) is 5.82 Å². The largest absolute Gasteiger partial charge is 0.495 e. The van der Waals surface area contributed by atoms with Crippen LogP contribution < -0.4 is 15.4 Å². The van der Waals surface area contributed by atoms with E-state index in [1.165, 1.54) is 14.2 Å². The molecule has 1 amide bonds. The average molecular weight is 503 g/mol. The molecule has 190 valence electrons. The molecule has 37 heavy (non-hydrogen) atoms. The van der Waals surface area contributed by atoms with Crippen LogP contribution >= 0.6 is 0 Å². The quantitative estimate of drug-likeness (QED) is 0.324. The first-order chi connectivity index (χ1) is 18.1. The van der Waals surface area contributed by atoms with Crippen molar-refractivity contribution >= 4 is 46.1 Å². The number of esters is 1. The number of ether oxygens (including phenoxy) is 3. The second-order valence-corrected chi connectivity index (χ2v) is 8.24. The van der Waals surface area contributed by atoms with Gasteiger partial charge in [0.1, 0.15) is 11.3 Å². The summed E-state index contributed by atoms with van der Waals surface area (Å²) in [7, 11) is 2.87. The minimum Gasteiger partial charge on any atom is -0.495 e. The molecular weight excluding hydrogens is 476 g/mol. The van der Waals surface area contributed by atoms with Crippen LogP contribution in [0.1, 0.15) is 20.7 Å². The van der Waals surface area contributed by atoms with E-state index in [0.717, 1.165) is 0 Å². The predicted octanol–water partition coefficient (Wildman–Crippen LogP) is 3.71. The smallest absolute Gasteiger partial charge is 0.339 e. The fourth-order valence-electron chi connectivity index (χ4n) is 4.10. The summed E-state index contributed by atoms with van der Waals surface area (Å²) in [5.74, 6) is 0.702. The molecule has 2 aromatic carbocycles. The molecule has 1 fully saturated rings. The lowest BCUT2D eigenvalue weighted by Gasteiger charge is -2.27. The summed E-state index contributed by atoms with van der Waals surface area (Å²) < 4.78 is 15.8. The fourth-order valence-corrected chi connectivity index (χ4v) is 4.10. The SMILES string of the molecule is COC(=O)c1ccccc1Nc1nc(Nc2ccc(C(=O)N3CCOCC3)cc2OC)nc2cc[nH]c12. The fraction of sp³-hybridized carbons (Fsp3) is 0.231. The van der Waals surface area contributed by atoms with Gasteiger partial charge in [-0.05, 0) is 36.4 Å². The highest BCUT2D eigenvalue weighted by Crippen LogP contribution is 2.31. The number of hydrogen-bond donors (Lipinski definition) is 3. The van der Waals surface area contributed by atoms with E-state index in [0.29, 0.717) is 77.4 Å². The highest BCUT2D eigenvalue weighted by molar-refractivity contribution is 5.98. The zero-order chi connectivity index (χ0) is 25.8. The van der Waals surface area contributed by atoms with Gasteiger partial charge in [-0.3, -0.25) is 4.79 Å². The third kappa shape index (κ3) is 5.02. The maximum atomic E-state index is 12.9. The van der Waals surface area contributed by atoms with Gasteiger partial charge in [-0.15, -0.1) is 0 Å². The molecule has 0 bridgehead atoms. The van der Waals surface area contributed by atoms with Crippen molar-refractivity contribution in [1.82, 2.24) is 19.9 Å². The van der Waals surface area contributed by atoms with Crippen LogP contribution in [0.15, 0.2) is 54.7 Å². The summed E-state index contributed by atoms with van der Waals surface area (Å²) in [6, 6.07) is 14.0. The number of H-pyrrole nitrogens is 1. The Labute approximate surface area is 212 Å². The van der Waals surface area contributed by atoms with Crippen molar-refractivity contribution in [3.05, 3.63) is 65.9 Å². The van der Waals surface area contributed by atoms with E-state index in [-0.39, 0.29) is 5.91 Å². The second kappa shape index (κ2) is 10.5. The van der Waals surface area contributed by atoms with Crippen LogP contribution in [0.4, 0.5) is 23.1 Å². The Balaban J connectivity index is 1.44. The van der Waals surface area contributed by atoms with Gasteiger partial charge < -0.3 is 34.7 Å². The van der Waals surface area contributed by atoms with Gasteiger partial charge in [-0.2, -0.15) is 4.98 Å². The molecule has 0 aliphatic carbocycles. The Morgan fingerprint density at radius 1 is 1.00 bits per heavy atom. The number of morpholine rings is 1. The lowest BCUT2D eigenvalue weighted by molar-refractivity contribution is 0.0302. The molecule has 1 aliphatic heterocycles. The molecular formula is C26H26N6O5. The third-order valence-electron chi connectivity index (χ3n) is 5.98. The van der Waals surface area contributed by atoms with Gasteiger partial charge in [0.25, 0.3) is 5.91 Å². The lowest BCUT2D eigenvalue weighted by atomic mass is 10.1. The number of aromatic amines is 1. The molecule has 4 aromatic rings. The molecule has 0 unspecified atom stereocenters. The van der Waals surface area contributed by atoms with Crippen molar-refractivity contribution in [3.63, 3.8) is 0 Å². The van der Waals surface area contributed by atoms with Crippen molar-refractivity contribution in [2.24, 2.45) is 0 Å². The monoisotopic (exact) mass is 502 g/mol. The number of hydrogen-bond acceptors (Lipinski definition) is 9. The van der Waals surface area contributed by atoms with Gasteiger partial charge in [0.2, 0.25) is 5.95 Å². The van der Waals surface area contributed by atoms with E-state index in [1.54, 1.807) is 47.5 Å². The van der Waals surface area contributed by atoms with E-state index >= 15 is 0 Å². The van der Waals surface area contributed by atoms with Crippen LogP contribution in [-0.4, -0.2) is 72.3 Å². The van der Waals surface area contributed by atoms with Crippen LogP contribution in [0.25, 0.3) is 11.0 Å². The number of nitrogens with one attached hydrogen (secondary N) is 3. The number of anilines is 4. The van der Waals surface area contributed by atoms with E-state index in [9.17, 15) is 9.59 Å². The van der Waals surface area contributed by atoms with E-state index in [2.05, 4.69) is 25.6 Å². The number of benzene rings is 2. The number of carbonyl (C=O) groups is 2. The van der Waals surface area contributed by atoms with Gasteiger partial charge in [-0.25, -0.2) is 9.78 Å². The Kier molecular flexibility index (Phi) is 6.86. The molecule has 0 saturated carbocycles. The number of fused-ring (bicyclic) bond motifs is 1. The number of aromatic nitrogens is 3. The molecule has 0 spiro atoms. The molecule has 11 nitrogen and oxygen atoms in total. The summed E-state index contributed by atoms with van der Waals surface area (Å²) in [6.07, 6.45) is 1.76. The maximum Gasteiger partial charge on any atom is 0.339 e. The molecule has 3 heterocycles. The van der Waals surface area contributed by atoms with E-state index in [1.807, 2.05) is 12.1 Å². The number of rotatable bonds is 7. The lowest BCUT2D eigenvalue weighted by Crippen LogP contribution is -2.40. The highest BCUT2D eigenvalue weighted by atomic mass is 16.5. The number of methoxy groups -OCH3 is 2. The molecule has 2 aromatic heterocycles. The zero-order valence-corrected chi connectivity index (χ0v) is 20.4. The van der Waals surface area contributed by atoms with Gasteiger partial charge in [0, 0.05) is 24.8 Å². The first kappa shape index (κ1) is 24.1. The summed E-state index contributed by atoms with van der Waals surface area (Å²) in [4.78, 5) is 39.2. The summed E-state index contributed by atoms with van der Waals surface area (Å²) in [6.45, 7) is 2.17. The normalized spacial score (nSPS) is 13.3. The summed E-state index contributed by atoms with van der Waals surface area (Å²) >= 11 is 0. The Bertz CT molecular complexity index is 1450. The number of carbonyl (C=O) groups excluding carboxylic acids is 2. The summed E-state index contributed by atoms with van der Waals surface area (Å²) in [5.41, 5.74) is 3.36. The Hall–Kier alpha value is -4.64. The van der Waals surface area contributed by atoms with Crippen molar-refractivity contribution < 1.29 is 23.8 Å². The van der Waals surface area contributed by atoms with Gasteiger partial charge >= 0.3 is 5.97 Å². The molecule has 5 rings (SSSR count). The van der Waals surface area contributed by atoms with Gasteiger partial charge in [-0.1, -0.05) is 12.1 Å².